The molecule has 2 fully saturated rings. The third-order valence-electron chi connectivity index (χ3n) is 4.34. The molecule has 0 bridgehead atoms. The van der Waals surface area contributed by atoms with Crippen LogP contribution in [0, 0.1) is 5.41 Å². The summed E-state index contributed by atoms with van der Waals surface area (Å²) in [6.45, 7) is 5.79. The quantitative estimate of drug-likeness (QED) is 0.392. The highest BCUT2D eigenvalue weighted by Gasteiger charge is 2.95. The zero-order valence-corrected chi connectivity index (χ0v) is 14.5. The molecule has 0 atom stereocenters. The van der Waals surface area contributed by atoms with Gasteiger partial charge < -0.3 is 4.90 Å². The Balaban J connectivity index is 2.03. The number of nitrogens with zero attached hydrogens (tertiary/aromatic N) is 3. The lowest BCUT2D eigenvalue weighted by atomic mass is 10.2. The maximum absolute atomic E-state index is 13.2. The van der Waals surface area contributed by atoms with E-state index in [9.17, 15) is 13.2 Å². The van der Waals surface area contributed by atoms with Crippen molar-refractivity contribution in [1.29, 1.82) is 0 Å². The summed E-state index contributed by atoms with van der Waals surface area (Å²) in [5, 5.41) is -0.0396. The minimum atomic E-state index is -4.23. The summed E-state index contributed by atoms with van der Waals surface area (Å²) in [6, 6.07) is 0. The van der Waals surface area contributed by atoms with Gasteiger partial charge in [0.15, 0.2) is 0 Å². The third kappa shape index (κ3) is 2.16. The lowest BCUT2D eigenvalue weighted by molar-refractivity contribution is -0.167. The van der Waals surface area contributed by atoms with Crippen LogP contribution in [-0.4, -0.2) is 28.2 Å². The summed E-state index contributed by atoms with van der Waals surface area (Å²) >= 11 is 15.0. The van der Waals surface area contributed by atoms with Crippen molar-refractivity contribution in [2.75, 3.05) is 11.4 Å². The lowest BCUT2D eigenvalue weighted by Gasteiger charge is -2.28. The second-order valence-corrected chi connectivity index (χ2v) is 7.42. The molecule has 2 saturated carbocycles. The molecule has 3 rings (SSSR count). The van der Waals surface area contributed by atoms with E-state index in [0.29, 0.717) is 4.47 Å². The van der Waals surface area contributed by atoms with Crippen LogP contribution in [0.4, 0.5) is 19.0 Å². The summed E-state index contributed by atoms with van der Waals surface area (Å²) in [7, 11) is 0. The first-order chi connectivity index (χ1) is 10.0. The summed E-state index contributed by atoms with van der Waals surface area (Å²) in [5.41, 5.74) is -1.88. The van der Waals surface area contributed by atoms with E-state index in [0.717, 1.165) is 5.57 Å². The van der Waals surface area contributed by atoms with Gasteiger partial charge in [0.25, 0.3) is 0 Å². The van der Waals surface area contributed by atoms with Gasteiger partial charge in [0, 0.05) is 6.54 Å². The predicted octanol–water partition coefficient (Wildman–Crippen LogP) is 5.02. The number of aromatic nitrogens is 2. The Hall–Kier alpha value is -0.530. The standard InChI is InChI=1S/C13H11BrCl2F3N3/c1-6(2)3-22(9-7(14)8(15)20-10(16)21-9)12-4-11(12,5-12)13(17,18)19/h1,3-5H2,2H3. The molecule has 0 aliphatic heterocycles. The van der Waals surface area contributed by atoms with E-state index in [1.165, 1.54) is 0 Å². The van der Waals surface area contributed by atoms with Crippen LogP contribution < -0.4 is 4.90 Å². The van der Waals surface area contributed by atoms with Crippen molar-refractivity contribution in [3.63, 3.8) is 0 Å². The van der Waals surface area contributed by atoms with Gasteiger partial charge in [-0.05, 0) is 47.3 Å². The molecule has 0 radical (unpaired) electrons. The first-order valence-electron chi connectivity index (χ1n) is 6.41. The van der Waals surface area contributed by atoms with Crippen LogP contribution in [0.15, 0.2) is 16.6 Å². The molecule has 0 aromatic carbocycles. The topological polar surface area (TPSA) is 29.0 Å². The number of halogens is 6. The van der Waals surface area contributed by atoms with Gasteiger partial charge >= 0.3 is 6.18 Å². The van der Waals surface area contributed by atoms with E-state index in [1.54, 1.807) is 11.8 Å². The highest BCUT2D eigenvalue weighted by molar-refractivity contribution is 9.10. The Morgan fingerprint density at radius 3 is 2.41 bits per heavy atom. The normalized spacial score (nSPS) is 29.0. The monoisotopic (exact) mass is 415 g/mol. The number of anilines is 1. The average Bonchev–Trinajstić information content (AvgIpc) is 3.16. The van der Waals surface area contributed by atoms with Crippen molar-refractivity contribution >= 4 is 44.9 Å². The molecular formula is C13H11BrCl2F3N3. The Bertz CT molecular complexity index is 671. The van der Waals surface area contributed by atoms with Crippen molar-refractivity contribution in [3.05, 3.63) is 27.1 Å². The molecule has 9 heteroatoms. The molecule has 0 amide bonds. The van der Waals surface area contributed by atoms with E-state index in [1.807, 2.05) is 0 Å². The highest BCUT2D eigenvalue weighted by atomic mass is 79.9. The summed E-state index contributed by atoms with van der Waals surface area (Å²) in [4.78, 5) is 9.46. The van der Waals surface area contributed by atoms with Gasteiger partial charge in [0.2, 0.25) is 5.28 Å². The van der Waals surface area contributed by atoms with Crippen LogP contribution in [0.2, 0.25) is 10.4 Å². The second-order valence-electron chi connectivity index (χ2n) is 5.93. The van der Waals surface area contributed by atoms with Crippen LogP contribution in [0.1, 0.15) is 19.8 Å². The molecular weight excluding hydrogens is 406 g/mol. The van der Waals surface area contributed by atoms with Crippen molar-refractivity contribution in [3.8, 4) is 0 Å². The molecule has 120 valence electrons. The molecule has 2 aliphatic rings. The zero-order chi connectivity index (χ0) is 16.5. The van der Waals surface area contributed by atoms with Crippen LogP contribution in [0.25, 0.3) is 0 Å². The van der Waals surface area contributed by atoms with Crippen molar-refractivity contribution < 1.29 is 13.2 Å². The molecule has 1 aromatic heterocycles. The van der Waals surface area contributed by atoms with Gasteiger partial charge in [-0.2, -0.15) is 18.2 Å². The van der Waals surface area contributed by atoms with Crippen LogP contribution >= 0.6 is 39.1 Å². The SMILES string of the molecule is C=C(C)CN(c1nc(Cl)nc(Cl)c1Br)C12CC1(C(F)(F)F)C2. The first-order valence-corrected chi connectivity index (χ1v) is 7.96. The van der Waals surface area contributed by atoms with Crippen LogP contribution in [0.5, 0.6) is 0 Å². The van der Waals surface area contributed by atoms with Gasteiger partial charge in [0.1, 0.15) is 11.0 Å². The number of hydrogen-bond acceptors (Lipinski definition) is 3. The number of fused-ring (bicyclic) bond motifs is 1. The smallest absolute Gasteiger partial charge is 0.345 e. The molecule has 0 saturated heterocycles. The van der Waals surface area contributed by atoms with E-state index < -0.39 is 17.1 Å². The molecule has 1 heterocycles. The predicted molar refractivity (Wildman–Crippen MR) is 82.4 cm³/mol. The number of alkyl halides is 3. The zero-order valence-electron chi connectivity index (χ0n) is 11.4. The Morgan fingerprint density at radius 2 is 1.95 bits per heavy atom. The van der Waals surface area contributed by atoms with E-state index in [2.05, 4.69) is 32.5 Å². The summed E-state index contributed by atoms with van der Waals surface area (Å²) in [6.07, 6.45) is -4.11. The van der Waals surface area contributed by atoms with Gasteiger partial charge in [-0.3, -0.25) is 0 Å². The molecule has 22 heavy (non-hydrogen) atoms. The summed E-state index contributed by atoms with van der Waals surface area (Å²) in [5.74, 6) is 0.275. The molecule has 0 N–H and O–H groups in total. The van der Waals surface area contributed by atoms with Gasteiger partial charge in [0.05, 0.1) is 15.4 Å². The lowest BCUT2D eigenvalue weighted by Crippen LogP contribution is -2.34. The third-order valence-corrected chi connectivity index (χ3v) is 5.74. The van der Waals surface area contributed by atoms with E-state index in [4.69, 9.17) is 23.2 Å². The molecule has 0 unspecified atom stereocenters. The van der Waals surface area contributed by atoms with Crippen molar-refractivity contribution in [2.45, 2.75) is 31.5 Å². The Morgan fingerprint density at radius 1 is 1.36 bits per heavy atom. The average molecular weight is 417 g/mol. The second kappa shape index (κ2) is 4.74. The number of hydrogen-bond donors (Lipinski definition) is 0. The van der Waals surface area contributed by atoms with Gasteiger partial charge in [-0.1, -0.05) is 23.8 Å². The molecule has 1 aromatic rings. The molecule has 3 nitrogen and oxygen atoms in total. The van der Waals surface area contributed by atoms with Gasteiger partial charge in [-0.25, -0.2) is 4.98 Å². The Kier molecular flexibility index (Phi) is 3.52. The minimum absolute atomic E-state index is 0.0580. The maximum Gasteiger partial charge on any atom is 0.396 e. The minimum Gasteiger partial charge on any atom is -0.345 e. The van der Waals surface area contributed by atoms with Crippen LogP contribution in [0.3, 0.4) is 0 Å². The highest BCUT2D eigenvalue weighted by Crippen LogP contribution is 2.87. The van der Waals surface area contributed by atoms with Crippen LogP contribution in [-0.2, 0) is 0 Å². The fraction of sp³-hybridized carbons (Fsp3) is 0.538. The fourth-order valence-electron chi connectivity index (χ4n) is 3.03. The fourth-order valence-corrected chi connectivity index (χ4v) is 3.80. The van der Waals surface area contributed by atoms with Crippen molar-refractivity contribution in [1.82, 2.24) is 9.97 Å². The number of rotatable bonds is 4. The Labute approximate surface area is 143 Å². The largest absolute Gasteiger partial charge is 0.396 e. The van der Waals surface area contributed by atoms with Crippen molar-refractivity contribution in [2.24, 2.45) is 5.41 Å². The van der Waals surface area contributed by atoms with Gasteiger partial charge in [-0.15, -0.1) is 0 Å². The molecule has 0 spiro atoms. The van der Waals surface area contributed by atoms with E-state index >= 15 is 0 Å². The van der Waals surface area contributed by atoms with E-state index in [-0.39, 0.29) is 35.6 Å². The first kappa shape index (κ1) is 16.3. The summed E-state index contributed by atoms with van der Waals surface area (Å²) < 4.78 is 40.1. The molecule has 2 aliphatic carbocycles. The maximum atomic E-state index is 13.2.